The number of phenolic OH excluding ortho intramolecular Hbond substituents is 1. The molecular formula is C46H58N10O13S. The number of hydrogen-bond acceptors (Lipinski definition) is 16. The normalized spacial score (nSPS) is 19.0. The molecule has 4 aromatic rings. The average Bonchev–Trinajstić information content (AvgIpc) is 4.08. The van der Waals surface area contributed by atoms with Crippen molar-refractivity contribution in [2.75, 3.05) is 39.9 Å². The molecule has 1 aromatic heterocycles. The third-order valence-corrected chi connectivity index (χ3v) is 12.7. The number of carbonyl (C=O) groups excluding carboxylic acids is 4. The van der Waals surface area contributed by atoms with E-state index in [0.717, 1.165) is 24.8 Å². The fourth-order valence-corrected chi connectivity index (χ4v) is 8.03. The van der Waals surface area contributed by atoms with Gasteiger partial charge in [0, 0.05) is 56.0 Å². The van der Waals surface area contributed by atoms with Gasteiger partial charge in [-0.3, -0.25) is 19.2 Å². The summed E-state index contributed by atoms with van der Waals surface area (Å²) in [6.07, 6.45) is 0.736. The smallest absolute Gasteiger partial charge is 0.326 e. The third kappa shape index (κ3) is 12.7. The Balaban J connectivity index is 1.45. The van der Waals surface area contributed by atoms with Crippen LogP contribution in [-0.2, 0) is 41.2 Å². The standard InChI is InChI=1S/C46H58N10O13S/c1-23-33(19-50-40(52-23)26-6-8-28(9-7-26)46(3)11-12-46)42(61)55-35(20-51-70(49,66)67)44(63)56(4)38-27-15-32(39(59)37(16-27)69-22-30(58)18-48)31-13-25(5-10-36(31)68-21-29(57)17-47)14-34(45(64)65)54-41(60)24(2)53-43(38)62/h5-10,13,15-16,19,24,29-30,34-35,38,51,57-59H,11-12,14,17-18,20-22,47-48H2,1-4H3,(H,53,62)(H,54,60)(H,55,61)(H,64,65)(H2,49,66,67)/t24?,29-,30-,34?,35+,38?/m1/s1. The number of phenols is 1. The second-order valence-corrected chi connectivity index (χ2v) is 19.0. The van der Waals surface area contributed by atoms with Gasteiger partial charge in [-0.05, 0) is 73.1 Å². The van der Waals surface area contributed by atoms with Gasteiger partial charge in [0.15, 0.2) is 17.3 Å². The van der Waals surface area contributed by atoms with Crippen molar-refractivity contribution in [1.82, 2.24) is 35.5 Å². The van der Waals surface area contributed by atoms with Gasteiger partial charge in [0.2, 0.25) is 17.7 Å². The van der Waals surface area contributed by atoms with Crippen molar-refractivity contribution in [3.63, 3.8) is 0 Å². The van der Waals surface area contributed by atoms with Gasteiger partial charge in [-0.2, -0.15) is 13.1 Å². The summed E-state index contributed by atoms with van der Waals surface area (Å²) < 4.78 is 38.2. The Kier molecular flexibility index (Phi) is 16.4. The molecule has 2 aliphatic rings. The van der Waals surface area contributed by atoms with E-state index in [1.54, 1.807) is 6.92 Å². The molecule has 1 fully saturated rings. The number of aryl methyl sites for hydroxylation is 1. The first-order chi connectivity index (χ1) is 33.0. The maximum Gasteiger partial charge on any atom is 0.326 e. The molecule has 1 aliphatic heterocycles. The molecule has 4 bridgehead atoms. The van der Waals surface area contributed by atoms with Crippen LogP contribution in [0.25, 0.3) is 22.5 Å². The average molecular weight is 991 g/mol. The number of aliphatic carboxylic acids is 1. The number of carboxylic acids is 1. The van der Waals surface area contributed by atoms with Crippen LogP contribution in [-0.4, -0.2) is 144 Å². The van der Waals surface area contributed by atoms with Gasteiger partial charge in [0.25, 0.3) is 16.1 Å². The molecule has 0 saturated heterocycles. The van der Waals surface area contributed by atoms with Crippen LogP contribution in [0.2, 0.25) is 0 Å². The molecule has 70 heavy (non-hydrogen) atoms. The fraction of sp³-hybridized carbons (Fsp3) is 0.413. The van der Waals surface area contributed by atoms with E-state index in [1.165, 1.54) is 49.0 Å². The summed E-state index contributed by atoms with van der Waals surface area (Å²) in [6, 6.07) is 7.95. The molecule has 1 aliphatic carbocycles. The highest BCUT2D eigenvalue weighted by atomic mass is 32.2. The maximum atomic E-state index is 14.8. The van der Waals surface area contributed by atoms with Crippen molar-refractivity contribution in [3.05, 3.63) is 88.7 Å². The quantitative estimate of drug-likeness (QED) is 0.0569. The number of aromatic nitrogens is 2. The summed E-state index contributed by atoms with van der Waals surface area (Å²) in [4.78, 5) is 79.2. The number of nitrogens with two attached hydrogens (primary N) is 3. The molecule has 0 radical (unpaired) electrons. The van der Waals surface area contributed by atoms with Crippen LogP contribution in [0.15, 0.2) is 60.8 Å². The molecule has 3 unspecified atom stereocenters. The summed E-state index contributed by atoms with van der Waals surface area (Å²) in [7, 11) is -3.36. The van der Waals surface area contributed by atoms with Gasteiger partial charge < -0.3 is 62.2 Å². The zero-order valence-corrected chi connectivity index (χ0v) is 39.7. The Labute approximate surface area is 403 Å². The molecule has 2 heterocycles. The number of rotatable bonds is 18. The Hall–Kier alpha value is -6.80. The number of aliphatic hydroxyl groups excluding tert-OH is 2. The Morgan fingerprint density at radius 1 is 0.943 bits per heavy atom. The first kappa shape index (κ1) is 52.6. The Bertz CT molecular complexity index is 2740. The molecule has 14 N–H and O–H groups in total. The highest BCUT2D eigenvalue weighted by Gasteiger charge is 2.39. The lowest BCUT2D eigenvalue weighted by Gasteiger charge is -2.33. The van der Waals surface area contributed by atoms with E-state index in [1.807, 2.05) is 29.0 Å². The van der Waals surface area contributed by atoms with Gasteiger partial charge in [-0.25, -0.2) is 19.9 Å². The van der Waals surface area contributed by atoms with E-state index in [-0.39, 0.29) is 71.0 Å². The Morgan fingerprint density at radius 2 is 1.59 bits per heavy atom. The minimum atomic E-state index is -4.51. The van der Waals surface area contributed by atoms with Crippen LogP contribution in [0.4, 0.5) is 0 Å². The largest absolute Gasteiger partial charge is 0.504 e. The Morgan fingerprint density at radius 3 is 2.17 bits per heavy atom. The zero-order chi connectivity index (χ0) is 51.2. The fourth-order valence-electron chi connectivity index (χ4n) is 7.63. The minimum Gasteiger partial charge on any atom is -0.504 e. The van der Waals surface area contributed by atoms with Crippen LogP contribution >= 0.6 is 0 Å². The lowest BCUT2D eigenvalue weighted by atomic mass is 9.93. The molecule has 23 nitrogen and oxygen atoms in total. The predicted molar refractivity (Wildman–Crippen MR) is 252 cm³/mol. The molecule has 6 rings (SSSR count). The maximum absolute atomic E-state index is 14.8. The van der Waals surface area contributed by atoms with Gasteiger partial charge in [-0.1, -0.05) is 37.3 Å². The first-order valence-corrected chi connectivity index (χ1v) is 23.7. The van der Waals surface area contributed by atoms with Gasteiger partial charge in [0.1, 0.15) is 55.3 Å². The third-order valence-electron chi connectivity index (χ3n) is 12.1. The van der Waals surface area contributed by atoms with E-state index >= 15 is 0 Å². The van der Waals surface area contributed by atoms with E-state index < -0.39 is 95.1 Å². The van der Waals surface area contributed by atoms with Crippen molar-refractivity contribution >= 4 is 39.8 Å². The number of aliphatic hydroxyl groups is 2. The summed E-state index contributed by atoms with van der Waals surface area (Å²) in [5, 5.41) is 55.3. The monoisotopic (exact) mass is 990 g/mol. The van der Waals surface area contributed by atoms with Crippen molar-refractivity contribution < 1.29 is 62.3 Å². The van der Waals surface area contributed by atoms with Crippen LogP contribution in [0.3, 0.4) is 0 Å². The number of fused-ring (bicyclic) bond motifs is 5. The SMILES string of the molecule is Cc1nc(-c2ccc(C3(C)CC3)cc2)ncc1C(=O)N[C@@H](CNS(N)(=O)=O)C(=O)N(C)C1C(=O)NC(C)C(=O)NC(C(=O)O)Cc2ccc(OC[C@H](O)CN)c(c2)-c2cc1cc(OC[C@H](O)CN)c2O. The van der Waals surface area contributed by atoms with E-state index in [9.17, 15) is 52.8 Å². The number of ether oxygens (including phenoxy) is 2. The lowest BCUT2D eigenvalue weighted by molar-refractivity contribution is -0.143. The van der Waals surface area contributed by atoms with Crippen molar-refractivity contribution in [3.8, 4) is 39.8 Å². The van der Waals surface area contributed by atoms with E-state index in [4.69, 9.17) is 26.1 Å². The number of carbonyl (C=O) groups is 5. The van der Waals surface area contributed by atoms with Crippen molar-refractivity contribution in [2.45, 2.75) is 81.8 Å². The van der Waals surface area contributed by atoms with Crippen LogP contribution < -0.4 is 46.8 Å². The molecule has 24 heteroatoms. The lowest BCUT2D eigenvalue weighted by Crippen LogP contribution is -2.57. The molecule has 1 saturated carbocycles. The molecule has 6 atom stereocenters. The number of nitrogens with zero attached hydrogens (tertiary/aromatic N) is 3. The highest BCUT2D eigenvalue weighted by Crippen LogP contribution is 2.48. The first-order valence-electron chi connectivity index (χ1n) is 22.2. The molecule has 4 amide bonds. The van der Waals surface area contributed by atoms with Gasteiger partial charge >= 0.3 is 5.97 Å². The van der Waals surface area contributed by atoms with Crippen LogP contribution in [0.1, 0.15) is 65.5 Å². The van der Waals surface area contributed by atoms with Crippen molar-refractivity contribution in [1.29, 1.82) is 0 Å². The summed E-state index contributed by atoms with van der Waals surface area (Å²) in [5.41, 5.74) is 13.5. The molecule has 376 valence electrons. The number of amides is 4. The van der Waals surface area contributed by atoms with Crippen LogP contribution in [0, 0.1) is 6.92 Å². The number of hydrogen-bond donors (Lipinski definition) is 11. The van der Waals surface area contributed by atoms with Crippen molar-refractivity contribution in [2.24, 2.45) is 16.6 Å². The predicted octanol–water partition coefficient (Wildman–Crippen LogP) is -1.01. The number of nitrogens with one attached hydrogen (secondary N) is 4. The summed E-state index contributed by atoms with van der Waals surface area (Å²) in [6.45, 7) is 2.88. The van der Waals surface area contributed by atoms with Gasteiger partial charge in [0.05, 0.1) is 11.3 Å². The number of benzene rings is 3. The zero-order valence-electron chi connectivity index (χ0n) is 38.8. The highest BCUT2D eigenvalue weighted by molar-refractivity contribution is 7.87. The topological polar surface area (TPSA) is 374 Å². The van der Waals surface area contributed by atoms with E-state index in [0.29, 0.717) is 17.0 Å². The van der Waals surface area contributed by atoms with Crippen LogP contribution in [0.5, 0.6) is 17.2 Å². The van der Waals surface area contributed by atoms with E-state index in [2.05, 4.69) is 32.8 Å². The molecular weight excluding hydrogens is 933 g/mol. The molecule has 3 aromatic carbocycles. The summed E-state index contributed by atoms with van der Waals surface area (Å²) in [5.74, 6) is -6.02. The minimum absolute atomic E-state index is 0.0174. The second-order valence-electron chi connectivity index (χ2n) is 17.6. The van der Waals surface area contributed by atoms with Gasteiger partial charge in [-0.15, -0.1) is 0 Å². The number of aromatic hydroxyl groups is 1. The number of likely N-dealkylation sites (N-methyl/N-ethyl adjacent to an activating group) is 1. The second kappa shape index (κ2) is 21.9. The summed E-state index contributed by atoms with van der Waals surface area (Å²) >= 11 is 0. The number of carboxylic acid groups (broad SMARTS) is 1. The molecule has 0 spiro atoms.